The summed E-state index contributed by atoms with van der Waals surface area (Å²) in [4.78, 5) is 117. The van der Waals surface area contributed by atoms with Crippen molar-refractivity contribution in [1.29, 1.82) is 0 Å². The summed E-state index contributed by atoms with van der Waals surface area (Å²) in [5.74, 6) is -7.53. The van der Waals surface area contributed by atoms with E-state index in [1.807, 2.05) is 65.4 Å². The van der Waals surface area contributed by atoms with Gasteiger partial charge in [-0.3, -0.25) is 53.5 Å². The number of carboxylic acids is 1. The fraction of sp³-hybridized carbons (Fsp3) is 0.754. The molecule has 1 aromatic carbocycles. The van der Waals surface area contributed by atoms with Crippen molar-refractivity contribution in [2.45, 2.75) is 193 Å². The van der Waals surface area contributed by atoms with Crippen LogP contribution in [-0.4, -0.2) is 188 Å². The van der Waals surface area contributed by atoms with E-state index in [0.29, 0.717) is 96.0 Å². The number of esters is 1. The molecule has 2 aliphatic heterocycles. The highest BCUT2D eigenvalue weighted by molar-refractivity contribution is 6.00. The van der Waals surface area contributed by atoms with E-state index in [0.717, 1.165) is 25.0 Å². The summed E-state index contributed by atoms with van der Waals surface area (Å²) in [6, 6.07) is 0.562. The zero-order chi connectivity index (χ0) is 60.7. The van der Waals surface area contributed by atoms with Crippen molar-refractivity contribution >= 4 is 47.4 Å². The van der Waals surface area contributed by atoms with Crippen molar-refractivity contribution in [2.75, 3.05) is 61.1 Å². The van der Waals surface area contributed by atoms with Crippen LogP contribution in [0.4, 0.5) is 13.2 Å². The molecule has 1 aromatic rings. The lowest BCUT2D eigenvalue weighted by molar-refractivity contribution is -0.199. The Labute approximate surface area is 476 Å². The molecule has 6 N–H and O–H groups in total. The number of benzene rings is 1. The van der Waals surface area contributed by atoms with Crippen molar-refractivity contribution in [1.82, 2.24) is 35.7 Å². The highest BCUT2D eigenvalue weighted by atomic mass is 19.4. The third-order valence-corrected chi connectivity index (χ3v) is 15.6. The van der Waals surface area contributed by atoms with Crippen LogP contribution in [0.3, 0.4) is 0 Å². The van der Waals surface area contributed by atoms with Gasteiger partial charge in [0.05, 0.1) is 49.3 Å². The summed E-state index contributed by atoms with van der Waals surface area (Å²) in [5.41, 5.74) is 5.98. The summed E-state index contributed by atoms with van der Waals surface area (Å²) < 4.78 is 55.1. The molecular formula is C57H93F3N8O13. The number of amides is 6. The normalized spacial score (nSPS) is 18.4. The van der Waals surface area contributed by atoms with Gasteiger partial charge >= 0.3 is 18.1 Å². The standard InChI is InChI=1S/C57H93F3N8O13/c1-12-37(6)49(66(9)48(36(4)5)53(73)64-52(72)47(35(2)3)65(8)29-17-13-14-23-45(69)62-28-16-15-21-41(61)55(75)76)44(78-10)34-46(70)67-30-20-22-43(67)50(79-11)38(7)51(71)63-42(54(74)68-31-18-19-32-80-68)33-39-24-26-40(27-25-39)81-56(77)57(58,59)60/h24-27,35-38,41-44,47-50H,12-23,28-34,61H2,1-11H3,(H,62,69)(H,63,71)(H,75,76)(H,64,72,73)/t37-,38+,41-,42-,43-,44+,47-,48-,49-,50+/m0/s1. The predicted octanol–water partition coefficient (Wildman–Crippen LogP) is 5.01. The smallest absolute Gasteiger partial charge is 0.480 e. The second kappa shape index (κ2) is 34.4. The lowest BCUT2D eigenvalue weighted by atomic mass is 9.87. The Bertz CT molecular complexity index is 2180. The number of nitrogens with two attached hydrogens (primary N) is 1. The quantitative estimate of drug-likeness (QED) is 0.0345. The summed E-state index contributed by atoms with van der Waals surface area (Å²) >= 11 is 0. The molecule has 0 aliphatic carbocycles. The highest BCUT2D eigenvalue weighted by Crippen LogP contribution is 2.31. The van der Waals surface area contributed by atoms with E-state index in [9.17, 15) is 51.5 Å². The third-order valence-electron chi connectivity index (χ3n) is 15.6. The fourth-order valence-corrected chi connectivity index (χ4v) is 11.0. The van der Waals surface area contributed by atoms with Crippen molar-refractivity contribution in [2.24, 2.45) is 29.4 Å². The van der Waals surface area contributed by atoms with Gasteiger partial charge in [-0.15, -0.1) is 0 Å². The molecular weight excluding hydrogens is 1060 g/mol. The Balaban J connectivity index is 1.71. The van der Waals surface area contributed by atoms with Crippen molar-refractivity contribution in [3.05, 3.63) is 29.8 Å². The van der Waals surface area contributed by atoms with Gasteiger partial charge in [0.25, 0.3) is 5.91 Å². The maximum atomic E-state index is 14.6. The number of carbonyl (C=O) groups is 8. The summed E-state index contributed by atoms with van der Waals surface area (Å²) in [5, 5.41) is 18.6. The number of rotatable bonds is 34. The van der Waals surface area contributed by atoms with Crippen molar-refractivity contribution in [3.63, 3.8) is 0 Å². The molecule has 81 heavy (non-hydrogen) atoms. The second-order valence-corrected chi connectivity index (χ2v) is 22.4. The van der Waals surface area contributed by atoms with E-state index in [-0.39, 0.29) is 54.7 Å². The lowest BCUT2D eigenvalue weighted by Crippen LogP contribution is -2.60. The Hall–Kier alpha value is -5.27. The molecule has 6 amide bonds. The van der Waals surface area contributed by atoms with Crippen LogP contribution in [0.1, 0.15) is 138 Å². The second-order valence-electron chi connectivity index (χ2n) is 22.4. The predicted molar refractivity (Wildman–Crippen MR) is 296 cm³/mol. The number of carbonyl (C=O) groups excluding carboxylic acids is 7. The molecule has 10 atom stereocenters. The Morgan fingerprint density at radius 3 is 2.06 bits per heavy atom. The molecule has 2 aliphatic rings. The molecule has 21 nitrogen and oxygen atoms in total. The van der Waals surface area contributed by atoms with Crippen LogP contribution in [0.15, 0.2) is 24.3 Å². The van der Waals surface area contributed by atoms with Gasteiger partial charge in [-0.05, 0) is 114 Å². The number of nitrogens with zero attached hydrogens (tertiary/aromatic N) is 4. The number of imide groups is 1. The number of likely N-dealkylation sites (tertiary alicyclic amines) is 1. The zero-order valence-electron chi connectivity index (χ0n) is 49.5. The van der Waals surface area contributed by atoms with Crippen LogP contribution in [0.2, 0.25) is 0 Å². The van der Waals surface area contributed by atoms with Gasteiger partial charge in [-0.2, -0.15) is 13.2 Å². The average Bonchev–Trinajstić information content (AvgIpc) is 4.00. The van der Waals surface area contributed by atoms with Crippen molar-refractivity contribution < 1.29 is 75.7 Å². The molecule has 0 bridgehead atoms. The van der Waals surface area contributed by atoms with Gasteiger partial charge in [0.15, 0.2) is 0 Å². The monoisotopic (exact) mass is 1150 g/mol. The molecule has 24 heteroatoms. The van der Waals surface area contributed by atoms with E-state index in [4.69, 9.17) is 25.2 Å². The van der Waals surface area contributed by atoms with Gasteiger partial charge in [-0.1, -0.05) is 73.4 Å². The fourth-order valence-electron chi connectivity index (χ4n) is 11.0. The molecule has 460 valence electrons. The van der Waals surface area contributed by atoms with Gasteiger partial charge in [-0.25, -0.2) is 9.86 Å². The molecule has 0 unspecified atom stereocenters. The maximum absolute atomic E-state index is 14.6. The van der Waals surface area contributed by atoms with Gasteiger partial charge in [0, 0.05) is 52.7 Å². The number of alkyl halides is 3. The first-order valence-corrected chi connectivity index (χ1v) is 28.7. The number of carboxylic acid groups (broad SMARTS) is 1. The first-order valence-electron chi connectivity index (χ1n) is 28.7. The van der Waals surface area contributed by atoms with Crippen molar-refractivity contribution in [3.8, 4) is 5.75 Å². The van der Waals surface area contributed by atoms with Gasteiger partial charge in [0.2, 0.25) is 29.5 Å². The van der Waals surface area contributed by atoms with E-state index >= 15 is 0 Å². The molecule has 2 heterocycles. The largest absolute Gasteiger partial charge is 0.491 e. The molecule has 0 saturated carbocycles. The number of aliphatic carboxylic acids is 1. The Kier molecular flexibility index (Phi) is 29.7. The van der Waals surface area contributed by atoms with Crippen LogP contribution in [0, 0.1) is 23.7 Å². The number of unbranched alkanes of at least 4 members (excludes halogenated alkanes) is 3. The molecule has 2 saturated heterocycles. The van der Waals surface area contributed by atoms with Gasteiger partial charge < -0.3 is 40.6 Å². The van der Waals surface area contributed by atoms with E-state index < -0.39 is 96.1 Å². The third kappa shape index (κ3) is 21.8. The topological polar surface area (TPSA) is 269 Å². The van der Waals surface area contributed by atoms with Crippen LogP contribution < -0.4 is 26.4 Å². The first-order chi connectivity index (χ1) is 38.2. The number of ether oxygens (including phenoxy) is 3. The first kappa shape index (κ1) is 70.0. The molecule has 0 spiro atoms. The summed E-state index contributed by atoms with van der Waals surface area (Å²) in [6.45, 7) is 15.3. The summed E-state index contributed by atoms with van der Waals surface area (Å²) in [7, 11) is 6.63. The van der Waals surface area contributed by atoms with Crippen LogP contribution in [-0.2, 0) is 59.1 Å². The average molecular weight is 1160 g/mol. The minimum Gasteiger partial charge on any atom is -0.480 e. The summed E-state index contributed by atoms with van der Waals surface area (Å²) in [6.07, 6.45) is 0.309. The molecule has 2 fully saturated rings. The zero-order valence-corrected chi connectivity index (χ0v) is 49.5. The molecule has 0 radical (unpaired) electrons. The Morgan fingerprint density at radius 1 is 0.840 bits per heavy atom. The minimum absolute atomic E-state index is 0.0774. The maximum Gasteiger partial charge on any atom is 0.491 e. The van der Waals surface area contributed by atoms with E-state index in [1.54, 1.807) is 11.8 Å². The van der Waals surface area contributed by atoms with E-state index in [1.165, 1.54) is 31.4 Å². The number of nitrogens with one attached hydrogen (secondary N) is 3. The number of methoxy groups -OCH3 is 2. The van der Waals surface area contributed by atoms with Gasteiger partial charge in [0.1, 0.15) is 17.8 Å². The number of hydrogen-bond acceptors (Lipinski definition) is 15. The molecule has 3 rings (SSSR count). The SMILES string of the molecule is CC[C@H](C)[C@@H]([C@@H](CC(=O)N1CCC[C@H]1[C@H](OC)[C@@H](C)C(=O)N[C@@H](Cc1ccc(OC(=O)C(F)(F)F)cc1)C(=O)N1CCCCO1)OC)N(C)[C@H](C(=O)NC(=O)[C@H](C(C)C)N(C)CCCCCC(=O)NCCCC[C@H](N)C(=O)O)C(C)C. The number of halogens is 3. The van der Waals surface area contributed by atoms with E-state index in [2.05, 4.69) is 20.7 Å². The Morgan fingerprint density at radius 2 is 1.49 bits per heavy atom. The number of likely N-dealkylation sites (N-methyl/N-ethyl adjacent to an activating group) is 2. The number of hydrogen-bond donors (Lipinski definition) is 5. The van der Waals surface area contributed by atoms with Crippen LogP contribution >= 0.6 is 0 Å². The van der Waals surface area contributed by atoms with Crippen LogP contribution in [0.25, 0.3) is 0 Å². The highest BCUT2D eigenvalue weighted by Gasteiger charge is 2.45. The lowest BCUT2D eigenvalue weighted by Gasteiger charge is -2.43. The van der Waals surface area contributed by atoms with Crippen LogP contribution in [0.5, 0.6) is 5.75 Å². The number of hydroxylamine groups is 2. The molecule has 0 aromatic heterocycles. The minimum atomic E-state index is -5.20.